The fourth-order valence-electron chi connectivity index (χ4n) is 2.57. The second-order valence-electron chi connectivity index (χ2n) is 5.06. The fraction of sp³-hybridized carbons (Fsp3) is 0.250. The van der Waals surface area contributed by atoms with Gasteiger partial charge in [0.05, 0.1) is 7.11 Å². The molecule has 1 heterocycles. The van der Waals surface area contributed by atoms with Crippen molar-refractivity contribution in [2.45, 2.75) is 18.6 Å². The Hall–Kier alpha value is -1.42. The normalized spacial score (nSPS) is 20.6. The molecule has 2 aromatic rings. The first kappa shape index (κ1) is 14.5. The highest BCUT2D eigenvalue weighted by atomic mass is 35.5. The Balaban J connectivity index is 1.96. The zero-order chi connectivity index (χ0) is 15.0. The van der Waals surface area contributed by atoms with E-state index < -0.39 is 0 Å². The van der Waals surface area contributed by atoms with Gasteiger partial charge in [-0.05, 0) is 29.8 Å². The third-order valence-electron chi connectivity index (χ3n) is 3.61. The van der Waals surface area contributed by atoms with Gasteiger partial charge in [-0.25, -0.2) is 0 Å². The predicted octanol–water partition coefficient (Wildman–Crippen LogP) is 4.53. The van der Waals surface area contributed by atoms with Gasteiger partial charge in [-0.3, -0.25) is 0 Å². The highest BCUT2D eigenvalue weighted by molar-refractivity contribution is 6.34. The van der Waals surface area contributed by atoms with E-state index in [9.17, 15) is 0 Å². The van der Waals surface area contributed by atoms with Gasteiger partial charge >= 0.3 is 0 Å². The minimum Gasteiger partial charge on any atom is -0.497 e. The van der Waals surface area contributed by atoms with E-state index in [-0.39, 0.29) is 12.1 Å². The van der Waals surface area contributed by atoms with Gasteiger partial charge in [0, 0.05) is 34.1 Å². The molecular weight excluding hydrogens is 309 g/mol. The molecule has 0 spiro atoms. The third-order valence-corrected chi connectivity index (χ3v) is 4.05. The molecule has 1 aliphatic rings. The van der Waals surface area contributed by atoms with E-state index in [4.69, 9.17) is 38.4 Å². The van der Waals surface area contributed by atoms with Crippen molar-refractivity contribution in [1.29, 1.82) is 0 Å². The van der Waals surface area contributed by atoms with E-state index in [1.54, 1.807) is 13.2 Å². The summed E-state index contributed by atoms with van der Waals surface area (Å²) in [7, 11) is 1.62. The first-order valence-corrected chi connectivity index (χ1v) is 7.38. The number of benzene rings is 2. The molecule has 0 fully saturated rings. The van der Waals surface area contributed by atoms with Crippen molar-refractivity contribution in [1.82, 2.24) is 0 Å². The Bertz CT molecular complexity index is 655. The molecule has 0 radical (unpaired) electrons. The Morgan fingerprint density at radius 2 is 1.86 bits per heavy atom. The third kappa shape index (κ3) is 2.95. The van der Waals surface area contributed by atoms with Gasteiger partial charge in [0.25, 0.3) is 0 Å². The monoisotopic (exact) mass is 323 g/mol. The number of methoxy groups -OCH3 is 1. The molecule has 1 aliphatic heterocycles. The summed E-state index contributed by atoms with van der Waals surface area (Å²) in [6.45, 7) is 0. The van der Waals surface area contributed by atoms with Crippen molar-refractivity contribution >= 4 is 23.2 Å². The van der Waals surface area contributed by atoms with Crippen LogP contribution in [-0.2, 0) is 0 Å². The molecule has 110 valence electrons. The Morgan fingerprint density at radius 3 is 2.52 bits per heavy atom. The minimum absolute atomic E-state index is 0.0950. The van der Waals surface area contributed by atoms with Crippen LogP contribution < -0.4 is 15.2 Å². The number of fused-ring (bicyclic) bond motifs is 1. The fourth-order valence-corrected chi connectivity index (χ4v) is 3.12. The number of hydrogen-bond acceptors (Lipinski definition) is 3. The Morgan fingerprint density at radius 1 is 1.14 bits per heavy atom. The van der Waals surface area contributed by atoms with Gasteiger partial charge in [-0.15, -0.1) is 0 Å². The van der Waals surface area contributed by atoms with Crippen molar-refractivity contribution in [3.05, 3.63) is 57.6 Å². The molecule has 3 rings (SSSR count). The average Bonchev–Trinajstić information content (AvgIpc) is 2.45. The van der Waals surface area contributed by atoms with Crippen LogP contribution in [0.1, 0.15) is 29.7 Å². The maximum atomic E-state index is 6.25. The molecule has 0 bridgehead atoms. The van der Waals surface area contributed by atoms with Crippen molar-refractivity contribution in [2.24, 2.45) is 5.73 Å². The lowest BCUT2D eigenvalue weighted by molar-refractivity contribution is 0.161. The topological polar surface area (TPSA) is 44.5 Å². The summed E-state index contributed by atoms with van der Waals surface area (Å²) in [6, 6.07) is 11.0. The second kappa shape index (κ2) is 5.76. The van der Waals surface area contributed by atoms with E-state index in [0.717, 1.165) is 22.6 Å². The molecule has 0 aliphatic carbocycles. The number of halogens is 2. The van der Waals surface area contributed by atoms with Gasteiger partial charge in [-0.2, -0.15) is 0 Å². The second-order valence-corrected chi connectivity index (χ2v) is 5.93. The van der Waals surface area contributed by atoms with E-state index >= 15 is 0 Å². The smallest absolute Gasteiger partial charge is 0.128 e. The van der Waals surface area contributed by atoms with Crippen LogP contribution in [0.2, 0.25) is 10.0 Å². The lowest BCUT2D eigenvalue weighted by Gasteiger charge is -2.31. The van der Waals surface area contributed by atoms with E-state index in [1.165, 1.54) is 0 Å². The molecule has 0 saturated heterocycles. The van der Waals surface area contributed by atoms with Crippen LogP contribution in [0.3, 0.4) is 0 Å². The highest BCUT2D eigenvalue weighted by Gasteiger charge is 2.27. The SMILES string of the molecule is COc1ccc2c(c1)OC(c1cc(Cl)cc(Cl)c1)C[C@H]2N. The molecule has 3 nitrogen and oxygen atoms in total. The lowest BCUT2D eigenvalue weighted by atomic mass is 9.93. The largest absolute Gasteiger partial charge is 0.497 e. The highest BCUT2D eigenvalue weighted by Crippen LogP contribution is 2.42. The summed E-state index contributed by atoms with van der Waals surface area (Å²) in [4.78, 5) is 0. The van der Waals surface area contributed by atoms with Crippen molar-refractivity contribution in [3.63, 3.8) is 0 Å². The van der Waals surface area contributed by atoms with Crippen LogP contribution in [0, 0.1) is 0 Å². The quantitative estimate of drug-likeness (QED) is 0.883. The molecule has 2 atom stereocenters. The standard InChI is InChI=1S/C16H15Cl2NO2/c1-20-12-2-3-13-14(19)8-15(21-16(13)7-12)9-4-10(17)6-11(18)5-9/h2-7,14-15H,8,19H2,1H3/t14-,15?/m1/s1. The molecular formula is C16H15Cl2NO2. The summed E-state index contributed by atoms with van der Waals surface area (Å²) in [5.41, 5.74) is 8.17. The first-order valence-electron chi connectivity index (χ1n) is 6.63. The van der Waals surface area contributed by atoms with Gasteiger partial charge in [-0.1, -0.05) is 29.3 Å². The molecule has 5 heteroatoms. The molecule has 21 heavy (non-hydrogen) atoms. The number of hydrogen-bond donors (Lipinski definition) is 1. The molecule has 1 unspecified atom stereocenters. The van der Waals surface area contributed by atoms with Crippen LogP contribution in [-0.4, -0.2) is 7.11 Å². The van der Waals surface area contributed by atoms with Gasteiger partial charge in [0.2, 0.25) is 0 Å². The van der Waals surface area contributed by atoms with Gasteiger partial charge < -0.3 is 15.2 Å². The zero-order valence-corrected chi connectivity index (χ0v) is 13.0. The summed E-state index contributed by atoms with van der Waals surface area (Å²) in [6.07, 6.45) is 0.506. The van der Waals surface area contributed by atoms with E-state index in [1.807, 2.05) is 30.3 Å². The average molecular weight is 324 g/mol. The summed E-state index contributed by atoms with van der Waals surface area (Å²) >= 11 is 12.1. The lowest BCUT2D eigenvalue weighted by Crippen LogP contribution is -2.24. The van der Waals surface area contributed by atoms with Crippen LogP contribution >= 0.6 is 23.2 Å². The van der Waals surface area contributed by atoms with Crippen molar-refractivity contribution in [3.8, 4) is 11.5 Å². The van der Waals surface area contributed by atoms with E-state index in [0.29, 0.717) is 16.5 Å². The molecule has 0 saturated carbocycles. The molecule has 0 aromatic heterocycles. The summed E-state index contributed by atoms with van der Waals surface area (Å²) < 4.78 is 11.3. The van der Waals surface area contributed by atoms with Crippen molar-refractivity contribution < 1.29 is 9.47 Å². The van der Waals surface area contributed by atoms with Crippen molar-refractivity contribution in [2.75, 3.05) is 7.11 Å². The molecule has 2 N–H and O–H groups in total. The van der Waals surface area contributed by atoms with Crippen LogP contribution in [0.4, 0.5) is 0 Å². The molecule has 0 amide bonds. The van der Waals surface area contributed by atoms with Crippen LogP contribution in [0.5, 0.6) is 11.5 Å². The van der Waals surface area contributed by atoms with Gasteiger partial charge in [0.1, 0.15) is 17.6 Å². The zero-order valence-electron chi connectivity index (χ0n) is 11.5. The Kier molecular flexibility index (Phi) is 3.98. The molecule has 2 aromatic carbocycles. The van der Waals surface area contributed by atoms with Gasteiger partial charge in [0.15, 0.2) is 0 Å². The summed E-state index contributed by atoms with van der Waals surface area (Å²) in [5.74, 6) is 1.49. The maximum absolute atomic E-state index is 6.25. The number of rotatable bonds is 2. The first-order chi connectivity index (χ1) is 10.1. The Labute approximate surface area is 133 Å². The van der Waals surface area contributed by atoms with Crippen LogP contribution in [0.15, 0.2) is 36.4 Å². The maximum Gasteiger partial charge on any atom is 0.128 e. The van der Waals surface area contributed by atoms with Crippen LogP contribution in [0.25, 0.3) is 0 Å². The number of ether oxygens (including phenoxy) is 2. The predicted molar refractivity (Wildman–Crippen MR) is 84.4 cm³/mol. The number of nitrogens with two attached hydrogens (primary N) is 1. The summed E-state index contributed by atoms with van der Waals surface area (Å²) in [5, 5.41) is 1.18. The minimum atomic E-state index is -0.171. The van der Waals surface area contributed by atoms with E-state index in [2.05, 4.69) is 0 Å².